The summed E-state index contributed by atoms with van der Waals surface area (Å²) in [5.74, 6) is 0. The molecule has 3 rings (SSSR count). The van der Waals surface area contributed by atoms with E-state index in [9.17, 15) is 5.11 Å². The number of halogens is 2. The van der Waals surface area contributed by atoms with Crippen LogP contribution < -0.4 is 0 Å². The Morgan fingerprint density at radius 2 is 2.10 bits per heavy atom. The smallest absolute Gasteiger partial charge is 0.0812 e. The molecule has 0 aliphatic heterocycles. The maximum atomic E-state index is 10.4. The quantitative estimate of drug-likeness (QED) is 0.734. The molecule has 0 fully saturated rings. The van der Waals surface area contributed by atoms with Gasteiger partial charge in [-0.05, 0) is 64.9 Å². The number of hydrogen-bond acceptors (Lipinski definition) is 1. The predicted molar refractivity (Wildman–Crippen MR) is 90.3 cm³/mol. The van der Waals surface area contributed by atoms with E-state index >= 15 is 0 Å². The summed E-state index contributed by atoms with van der Waals surface area (Å²) in [7, 11) is 0. The van der Waals surface area contributed by atoms with Crippen LogP contribution in [0.2, 0.25) is 5.02 Å². The highest BCUT2D eigenvalue weighted by Gasteiger charge is 2.33. The van der Waals surface area contributed by atoms with Crippen LogP contribution in [0.3, 0.4) is 0 Å². The molecule has 0 bridgehead atoms. The number of hydrogen-bond donors (Lipinski definition) is 1. The topological polar surface area (TPSA) is 25.2 Å². The number of aryl methyl sites for hydroxylation is 1. The fourth-order valence-electron chi connectivity index (χ4n) is 3.18. The highest BCUT2D eigenvalue weighted by molar-refractivity contribution is 9.10. The molecular formula is C17H19BrClNO. The molecule has 1 heterocycles. The number of rotatable bonds is 1. The van der Waals surface area contributed by atoms with Crippen molar-refractivity contribution in [2.75, 3.05) is 0 Å². The molecule has 1 atom stereocenters. The standard InChI is InChI=1S/C17H19BrClNO/c1-10-6-12(18)14(7-13(10)19)20-5-4-11-15(20)8-17(2,3)9-16(11)21/h4-7,16,21H,8-9H2,1-3H3. The van der Waals surface area contributed by atoms with Gasteiger partial charge in [0.1, 0.15) is 0 Å². The first-order chi connectivity index (χ1) is 9.78. The van der Waals surface area contributed by atoms with Crippen molar-refractivity contribution in [3.63, 3.8) is 0 Å². The Morgan fingerprint density at radius 1 is 1.38 bits per heavy atom. The number of aliphatic hydroxyl groups excluding tert-OH is 1. The molecule has 1 unspecified atom stereocenters. The molecule has 112 valence electrons. The van der Waals surface area contributed by atoms with Crippen LogP contribution in [0.25, 0.3) is 5.69 Å². The molecule has 0 radical (unpaired) electrons. The van der Waals surface area contributed by atoms with Crippen LogP contribution in [-0.2, 0) is 6.42 Å². The monoisotopic (exact) mass is 367 g/mol. The number of nitrogens with zero attached hydrogens (tertiary/aromatic N) is 1. The summed E-state index contributed by atoms with van der Waals surface area (Å²) in [5.41, 5.74) is 4.39. The average molecular weight is 369 g/mol. The van der Waals surface area contributed by atoms with Crippen molar-refractivity contribution in [3.8, 4) is 5.69 Å². The summed E-state index contributed by atoms with van der Waals surface area (Å²) in [4.78, 5) is 0. The molecule has 0 spiro atoms. The van der Waals surface area contributed by atoms with Gasteiger partial charge in [0, 0.05) is 26.9 Å². The van der Waals surface area contributed by atoms with Crippen LogP contribution >= 0.6 is 27.5 Å². The number of fused-ring (bicyclic) bond motifs is 1. The molecule has 2 aromatic rings. The van der Waals surface area contributed by atoms with E-state index in [1.807, 2.05) is 31.3 Å². The normalized spacial score (nSPS) is 20.4. The van der Waals surface area contributed by atoms with Crippen LogP contribution in [0.1, 0.15) is 43.2 Å². The minimum absolute atomic E-state index is 0.101. The van der Waals surface area contributed by atoms with Gasteiger partial charge in [0.15, 0.2) is 0 Å². The van der Waals surface area contributed by atoms with Crippen molar-refractivity contribution in [1.82, 2.24) is 4.57 Å². The number of benzene rings is 1. The van der Waals surface area contributed by atoms with Gasteiger partial charge in [-0.3, -0.25) is 0 Å². The molecular weight excluding hydrogens is 350 g/mol. The second-order valence-corrected chi connectivity index (χ2v) is 7.96. The summed E-state index contributed by atoms with van der Waals surface area (Å²) < 4.78 is 3.16. The molecule has 1 N–H and O–H groups in total. The molecule has 1 aromatic heterocycles. The Bertz CT molecular complexity index is 705. The lowest BCUT2D eigenvalue weighted by Gasteiger charge is -2.34. The summed E-state index contributed by atoms with van der Waals surface area (Å²) in [6, 6.07) is 6.04. The highest BCUT2D eigenvalue weighted by Crippen LogP contribution is 2.42. The molecule has 1 aliphatic carbocycles. The van der Waals surface area contributed by atoms with Crippen LogP contribution in [0.5, 0.6) is 0 Å². The zero-order chi connectivity index (χ0) is 15.4. The van der Waals surface area contributed by atoms with Crippen LogP contribution in [-0.4, -0.2) is 9.67 Å². The van der Waals surface area contributed by atoms with Gasteiger partial charge in [-0.25, -0.2) is 0 Å². The van der Waals surface area contributed by atoms with E-state index < -0.39 is 0 Å². The Balaban J connectivity index is 2.16. The van der Waals surface area contributed by atoms with Gasteiger partial charge in [0.2, 0.25) is 0 Å². The average Bonchev–Trinajstić information content (AvgIpc) is 2.76. The van der Waals surface area contributed by atoms with Crippen LogP contribution in [0.4, 0.5) is 0 Å². The first kappa shape index (κ1) is 15.1. The lowest BCUT2D eigenvalue weighted by Crippen LogP contribution is -2.26. The number of aromatic nitrogens is 1. The minimum Gasteiger partial charge on any atom is -0.388 e. The molecule has 4 heteroatoms. The van der Waals surface area contributed by atoms with Gasteiger partial charge in [0.05, 0.1) is 11.8 Å². The first-order valence-electron chi connectivity index (χ1n) is 7.13. The van der Waals surface area contributed by atoms with Crippen LogP contribution in [0, 0.1) is 12.3 Å². The lowest BCUT2D eigenvalue weighted by molar-refractivity contribution is 0.0987. The fourth-order valence-corrected chi connectivity index (χ4v) is 3.98. The van der Waals surface area contributed by atoms with E-state index in [2.05, 4.69) is 34.3 Å². The van der Waals surface area contributed by atoms with Gasteiger partial charge < -0.3 is 9.67 Å². The lowest BCUT2D eigenvalue weighted by atomic mass is 9.75. The molecule has 1 aromatic carbocycles. The Hall–Kier alpha value is -0.770. The van der Waals surface area contributed by atoms with Crippen molar-refractivity contribution in [3.05, 3.63) is 50.7 Å². The molecule has 21 heavy (non-hydrogen) atoms. The highest BCUT2D eigenvalue weighted by atomic mass is 79.9. The third-order valence-electron chi connectivity index (χ3n) is 4.27. The summed E-state index contributed by atoms with van der Waals surface area (Å²) >= 11 is 9.92. The zero-order valence-corrected chi connectivity index (χ0v) is 14.8. The third-order valence-corrected chi connectivity index (χ3v) is 5.31. The first-order valence-corrected chi connectivity index (χ1v) is 8.30. The SMILES string of the molecule is Cc1cc(Br)c(-n2ccc3c2CC(C)(C)CC3O)cc1Cl. The van der Waals surface area contributed by atoms with Gasteiger partial charge in [-0.15, -0.1) is 0 Å². The Kier molecular flexibility index (Phi) is 3.71. The summed E-state index contributed by atoms with van der Waals surface area (Å²) in [6.07, 6.45) is 3.40. The van der Waals surface area contributed by atoms with E-state index in [1.165, 1.54) is 5.69 Å². The van der Waals surface area contributed by atoms with Crippen LogP contribution in [0.15, 0.2) is 28.9 Å². The van der Waals surface area contributed by atoms with E-state index in [4.69, 9.17) is 11.6 Å². The van der Waals surface area contributed by atoms with E-state index in [0.717, 1.165) is 39.2 Å². The maximum absolute atomic E-state index is 10.4. The molecule has 0 saturated carbocycles. The second kappa shape index (κ2) is 5.15. The van der Waals surface area contributed by atoms with E-state index in [-0.39, 0.29) is 11.5 Å². The van der Waals surface area contributed by atoms with Crippen molar-refractivity contribution in [1.29, 1.82) is 0 Å². The van der Waals surface area contributed by atoms with Crippen molar-refractivity contribution in [2.45, 2.75) is 39.7 Å². The summed E-state index contributed by atoms with van der Waals surface area (Å²) in [5, 5.41) is 11.1. The Labute approximate surface area is 138 Å². The predicted octanol–water partition coefficient (Wildman–Crippen LogP) is 5.21. The minimum atomic E-state index is -0.385. The van der Waals surface area contributed by atoms with Crippen molar-refractivity contribution in [2.24, 2.45) is 5.41 Å². The van der Waals surface area contributed by atoms with E-state index in [0.29, 0.717) is 0 Å². The van der Waals surface area contributed by atoms with Gasteiger partial charge >= 0.3 is 0 Å². The molecule has 2 nitrogen and oxygen atoms in total. The molecule has 1 aliphatic rings. The van der Waals surface area contributed by atoms with Gasteiger partial charge in [-0.2, -0.15) is 0 Å². The van der Waals surface area contributed by atoms with Gasteiger partial charge in [0.25, 0.3) is 0 Å². The maximum Gasteiger partial charge on any atom is 0.0812 e. The summed E-state index contributed by atoms with van der Waals surface area (Å²) in [6.45, 7) is 6.40. The van der Waals surface area contributed by atoms with E-state index in [1.54, 1.807) is 0 Å². The largest absolute Gasteiger partial charge is 0.388 e. The zero-order valence-electron chi connectivity index (χ0n) is 12.5. The second-order valence-electron chi connectivity index (χ2n) is 6.70. The molecule has 0 amide bonds. The van der Waals surface area contributed by atoms with Gasteiger partial charge in [-0.1, -0.05) is 25.4 Å². The van der Waals surface area contributed by atoms with Crippen molar-refractivity contribution < 1.29 is 5.11 Å². The Morgan fingerprint density at radius 3 is 2.81 bits per heavy atom. The number of aliphatic hydroxyl groups is 1. The van der Waals surface area contributed by atoms with Crippen molar-refractivity contribution >= 4 is 27.5 Å². The fraction of sp³-hybridized carbons (Fsp3) is 0.412. The third kappa shape index (κ3) is 2.67. The molecule has 0 saturated heterocycles.